The van der Waals surface area contributed by atoms with Gasteiger partial charge in [0.1, 0.15) is 11.2 Å². The summed E-state index contributed by atoms with van der Waals surface area (Å²) in [5.74, 6) is 1.74. The molecule has 0 aliphatic rings. The summed E-state index contributed by atoms with van der Waals surface area (Å²) in [5, 5.41) is 11.4. The number of hydrogen-bond acceptors (Lipinski definition) is 4. The Morgan fingerprint density at radius 3 is 1.66 bits per heavy atom. The molecule has 0 spiro atoms. The molecule has 59 heavy (non-hydrogen) atoms. The zero-order valence-electron chi connectivity index (χ0n) is 31.5. The van der Waals surface area contributed by atoms with Crippen molar-refractivity contribution in [1.82, 2.24) is 24.1 Å². The van der Waals surface area contributed by atoms with Crippen LogP contribution in [0.3, 0.4) is 0 Å². The minimum Gasteiger partial charge on any atom is -0.456 e. The van der Waals surface area contributed by atoms with Crippen molar-refractivity contribution in [3.63, 3.8) is 0 Å². The SMILES string of the molecule is c1ccc(-c2nc(-c3cc4oc5ccc(-n6c7ccccc7c7cc8ccccc8cc76)cc5c4c4ccccc34)nc(-n3c4ccccc4c4ccccc43)n2)cc1. The maximum absolute atomic E-state index is 6.77. The predicted octanol–water partition coefficient (Wildman–Crippen LogP) is 13.6. The molecule has 4 heterocycles. The second kappa shape index (κ2) is 12.2. The fourth-order valence-corrected chi connectivity index (χ4v) is 9.33. The number of hydrogen-bond donors (Lipinski definition) is 0. The van der Waals surface area contributed by atoms with Crippen molar-refractivity contribution >= 4 is 87.1 Å². The smallest absolute Gasteiger partial charge is 0.238 e. The van der Waals surface area contributed by atoms with Crippen LogP contribution in [0.5, 0.6) is 0 Å². The van der Waals surface area contributed by atoms with Gasteiger partial charge in [-0.15, -0.1) is 0 Å². The molecule has 0 saturated heterocycles. The third kappa shape index (κ3) is 4.71. The number of furan rings is 1. The number of nitrogens with zero attached hydrogens (tertiary/aromatic N) is 5. The first kappa shape index (κ1) is 32.0. The van der Waals surface area contributed by atoms with Crippen molar-refractivity contribution in [3.05, 3.63) is 188 Å². The summed E-state index contributed by atoms with van der Waals surface area (Å²) in [6.45, 7) is 0. The van der Waals surface area contributed by atoms with Crippen molar-refractivity contribution in [2.24, 2.45) is 0 Å². The average molecular weight is 754 g/mol. The zero-order chi connectivity index (χ0) is 38.6. The van der Waals surface area contributed by atoms with Gasteiger partial charge in [0.25, 0.3) is 0 Å². The van der Waals surface area contributed by atoms with Gasteiger partial charge in [-0.05, 0) is 76.1 Å². The summed E-state index contributed by atoms with van der Waals surface area (Å²) in [6.07, 6.45) is 0. The van der Waals surface area contributed by atoms with Crippen LogP contribution in [0.1, 0.15) is 0 Å². The van der Waals surface area contributed by atoms with Gasteiger partial charge in [-0.2, -0.15) is 9.97 Å². The molecule has 13 aromatic rings. The van der Waals surface area contributed by atoms with Gasteiger partial charge in [-0.3, -0.25) is 4.57 Å². The minimum absolute atomic E-state index is 0.559. The Kier molecular flexibility index (Phi) is 6.63. The molecule has 0 aliphatic heterocycles. The number of para-hydroxylation sites is 3. The quantitative estimate of drug-likeness (QED) is 0.180. The van der Waals surface area contributed by atoms with Crippen molar-refractivity contribution in [2.75, 3.05) is 0 Å². The number of aromatic nitrogens is 5. The van der Waals surface area contributed by atoms with E-state index in [-0.39, 0.29) is 0 Å². The Balaban J connectivity index is 1.06. The number of rotatable bonds is 4. The first-order valence-electron chi connectivity index (χ1n) is 19.9. The molecule has 13 rings (SSSR count). The van der Waals surface area contributed by atoms with Crippen LogP contribution in [0.4, 0.5) is 0 Å². The summed E-state index contributed by atoms with van der Waals surface area (Å²) in [6, 6.07) is 66.1. The monoisotopic (exact) mass is 753 g/mol. The number of fused-ring (bicyclic) bond motifs is 12. The van der Waals surface area contributed by atoms with Crippen LogP contribution in [0.15, 0.2) is 192 Å². The van der Waals surface area contributed by atoms with Gasteiger partial charge in [0.15, 0.2) is 11.6 Å². The third-order valence-electron chi connectivity index (χ3n) is 11.9. The van der Waals surface area contributed by atoms with Gasteiger partial charge in [0.2, 0.25) is 5.95 Å². The van der Waals surface area contributed by atoms with Gasteiger partial charge in [-0.1, -0.05) is 133 Å². The van der Waals surface area contributed by atoms with Crippen LogP contribution in [0.2, 0.25) is 0 Å². The normalized spacial score (nSPS) is 12.1. The van der Waals surface area contributed by atoms with Gasteiger partial charge in [-0.25, -0.2) is 4.98 Å². The van der Waals surface area contributed by atoms with Crippen LogP contribution in [0, 0.1) is 0 Å². The summed E-state index contributed by atoms with van der Waals surface area (Å²) >= 11 is 0. The van der Waals surface area contributed by atoms with E-state index in [0.29, 0.717) is 17.6 Å². The summed E-state index contributed by atoms with van der Waals surface area (Å²) in [5.41, 5.74) is 8.89. The van der Waals surface area contributed by atoms with Crippen LogP contribution in [-0.2, 0) is 0 Å². The van der Waals surface area contributed by atoms with Crippen molar-refractivity contribution < 1.29 is 4.42 Å². The van der Waals surface area contributed by atoms with E-state index in [0.717, 1.165) is 71.3 Å². The van der Waals surface area contributed by atoms with E-state index in [1.165, 1.54) is 32.6 Å². The molecule has 6 heteroatoms. The highest BCUT2D eigenvalue weighted by Gasteiger charge is 2.22. The third-order valence-corrected chi connectivity index (χ3v) is 11.9. The molecule has 9 aromatic carbocycles. The second-order valence-electron chi connectivity index (χ2n) is 15.2. The highest BCUT2D eigenvalue weighted by atomic mass is 16.3. The Hall–Kier alpha value is -8.09. The molecule has 6 nitrogen and oxygen atoms in total. The Bertz CT molecular complexity index is 3800. The van der Waals surface area contributed by atoms with Crippen molar-refractivity contribution in [1.29, 1.82) is 0 Å². The topological polar surface area (TPSA) is 61.7 Å². The Morgan fingerprint density at radius 1 is 0.356 bits per heavy atom. The van der Waals surface area contributed by atoms with Crippen LogP contribution in [0.25, 0.3) is 122 Å². The first-order valence-corrected chi connectivity index (χ1v) is 19.9. The first-order chi connectivity index (χ1) is 29.2. The van der Waals surface area contributed by atoms with E-state index < -0.39 is 0 Å². The fraction of sp³-hybridized carbons (Fsp3) is 0. The molecule has 0 atom stereocenters. The van der Waals surface area contributed by atoms with Crippen molar-refractivity contribution in [2.45, 2.75) is 0 Å². The van der Waals surface area contributed by atoms with Crippen molar-refractivity contribution in [3.8, 4) is 34.4 Å². The Labute approximate surface area is 336 Å². The average Bonchev–Trinajstić information content (AvgIpc) is 3.95. The molecule has 0 aliphatic carbocycles. The summed E-state index contributed by atoms with van der Waals surface area (Å²) in [7, 11) is 0. The summed E-state index contributed by atoms with van der Waals surface area (Å²) in [4.78, 5) is 15.7. The van der Waals surface area contributed by atoms with Crippen LogP contribution in [-0.4, -0.2) is 24.1 Å². The highest BCUT2D eigenvalue weighted by Crippen LogP contribution is 2.42. The van der Waals surface area contributed by atoms with Gasteiger partial charge in [0.05, 0.1) is 22.1 Å². The molecule has 274 valence electrons. The number of benzene rings is 9. The van der Waals surface area contributed by atoms with E-state index in [4.69, 9.17) is 19.4 Å². The molecule has 0 N–H and O–H groups in total. The second-order valence-corrected chi connectivity index (χ2v) is 15.2. The predicted molar refractivity (Wildman–Crippen MR) is 242 cm³/mol. The molecule has 0 bridgehead atoms. The lowest BCUT2D eigenvalue weighted by Gasteiger charge is -2.12. The lowest BCUT2D eigenvalue weighted by Crippen LogP contribution is -2.06. The van der Waals surface area contributed by atoms with Crippen LogP contribution < -0.4 is 0 Å². The molecule has 0 amide bonds. The summed E-state index contributed by atoms with van der Waals surface area (Å²) < 4.78 is 11.3. The van der Waals surface area contributed by atoms with Gasteiger partial charge >= 0.3 is 0 Å². The largest absolute Gasteiger partial charge is 0.456 e. The molecular weight excluding hydrogens is 723 g/mol. The zero-order valence-corrected chi connectivity index (χ0v) is 31.5. The van der Waals surface area contributed by atoms with E-state index >= 15 is 0 Å². The van der Waals surface area contributed by atoms with E-state index in [1.54, 1.807) is 0 Å². The van der Waals surface area contributed by atoms with E-state index in [1.807, 2.05) is 30.3 Å². The maximum atomic E-state index is 6.77. The van der Waals surface area contributed by atoms with Crippen LogP contribution >= 0.6 is 0 Å². The lowest BCUT2D eigenvalue weighted by molar-refractivity contribution is 0.669. The maximum Gasteiger partial charge on any atom is 0.238 e. The minimum atomic E-state index is 0.559. The van der Waals surface area contributed by atoms with Gasteiger partial charge < -0.3 is 8.98 Å². The van der Waals surface area contributed by atoms with Gasteiger partial charge in [0, 0.05) is 49.1 Å². The molecule has 0 unspecified atom stereocenters. The lowest BCUT2D eigenvalue weighted by atomic mass is 9.98. The molecule has 4 aromatic heterocycles. The standard InChI is InChI=1S/C53H31N5O/c1-2-14-32(15-3-1)51-54-52(56-53(55-51)58-45-24-12-8-19-37(45)38-20-9-13-25-46(38)58)42-31-49-50(40-22-7-6-18-36(40)42)43-30-35(26-27-48(43)59-49)57-44-23-11-10-21-39(44)41-28-33-16-4-5-17-34(33)29-47(41)57/h1-31H. The Morgan fingerprint density at radius 2 is 0.932 bits per heavy atom. The highest BCUT2D eigenvalue weighted by molar-refractivity contribution is 6.22. The molecular formula is C53H31N5O. The fourth-order valence-electron chi connectivity index (χ4n) is 9.33. The van der Waals surface area contributed by atoms with E-state index in [9.17, 15) is 0 Å². The molecule has 0 saturated carbocycles. The molecule has 0 fully saturated rings. The molecule has 0 radical (unpaired) electrons. The van der Waals surface area contributed by atoms with E-state index in [2.05, 4.69) is 167 Å².